The van der Waals surface area contributed by atoms with Gasteiger partial charge in [0.1, 0.15) is 11.4 Å². The van der Waals surface area contributed by atoms with Crippen molar-refractivity contribution in [2.24, 2.45) is 0 Å². The van der Waals surface area contributed by atoms with Crippen molar-refractivity contribution >= 4 is 6.09 Å². The Labute approximate surface area is 108 Å². The number of methoxy groups -OCH3 is 1. The highest BCUT2D eigenvalue weighted by molar-refractivity contribution is 5.67. The normalized spacial score (nSPS) is 10.9. The third kappa shape index (κ3) is 4.65. The van der Waals surface area contributed by atoms with Crippen LogP contribution >= 0.6 is 0 Å². The lowest BCUT2D eigenvalue weighted by atomic mass is 10.2. The van der Waals surface area contributed by atoms with E-state index >= 15 is 0 Å². The van der Waals surface area contributed by atoms with Gasteiger partial charge in [0.2, 0.25) is 0 Å². The fourth-order valence-electron chi connectivity index (χ4n) is 1.45. The number of rotatable bonds is 3. The molecule has 0 aliphatic carbocycles. The van der Waals surface area contributed by atoms with E-state index in [4.69, 9.17) is 9.47 Å². The lowest BCUT2D eigenvalue weighted by Crippen LogP contribution is -2.33. The van der Waals surface area contributed by atoms with Crippen LogP contribution in [-0.2, 0) is 11.3 Å². The van der Waals surface area contributed by atoms with Gasteiger partial charge in [-0.25, -0.2) is 4.79 Å². The van der Waals surface area contributed by atoms with Crippen molar-refractivity contribution in [3.8, 4) is 5.75 Å². The second-order valence-electron chi connectivity index (χ2n) is 5.19. The number of carbonyl (C=O) groups excluding carboxylic acids is 1. The van der Waals surface area contributed by atoms with E-state index in [0.29, 0.717) is 6.54 Å². The lowest BCUT2D eigenvalue weighted by Gasteiger charge is -2.24. The molecule has 1 aromatic rings. The van der Waals surface area contributed by atoms with Crippen molar-refractivity contribution < 1.29 is 14.3 Å². The molecule has 4 heteroatoms. The van der Waals surface area contributed by atoms with Crippen molar-refractivity contribution in [1.29, 1.82) is 0 Å². The van der Waals surface area contributed by atoms with Crippen molar-refractivity contribution in [3.05, 3.63) is 29.8 Å². The van der Waals surface area contributed by atoms with Crippen molar-refractivity contribution in [3.63, 3.8) is 0 Å². The number of carbonyl (C=O) groups is 1. The van der Waals surface area contributed by atoms with Crippen LogP contribution in [0.2, 0.25) is 0 Å². The summed E-state index contributed by atoms with van der Waals surface area (Å²) in [6.45, 7) is 6.05. The molecule has 1 rings (SSSR count). The topological polar surface area (TPSA) is 38.8 Å². The Balaban J connectivity index is 2.63. The predicted molar refractivity (Wildman–Crippen MR) is 70.7 cm³/mol. The Morgan fingerprint density at radius 3 is 2.56 bits per heavy atom. The molecule has 0 aromatic heterocycles. The van der Waals surface area contributed by atoms with E-state index in [1.807, 2.05) is 45.0 Å². The van der Waals surface area contributed by atoms with Crippen molar-refractivity contribution in [2.75, 3.05) is 14.2 Å². The van der Waals surface area contributed by atoms with E-state index in [9.17, 15) is 4.79 Å². The Bertz CT molecular complexity index is 410. The standard InChI is InChI=1S/C14H21NO3/c1-14(2,3)18-13(16)15(4)10-11-7-6-8-12(9-11)17-5/h6-9H,10H2,1-5H3. The largest absolute Gasteiger partial charge is 0.497 e. The molecule has 0 aliphatic heterocycles. The Kier molecular flexibility index (Phi) is 4.59. The van der Waals surface area contributed by atoms with Gasteiger partial charge in [-0.05, 0) is 38.5 Å². The monoisotopic (exact) mass is 251 g/mol. The van der Waals surface area contributed by atoms with E-state index in [-0.39, 0.29) is 6.09 Å². The summed E-state index contributed by atoms with van der Waals surface area (Å²) in [5.41, 5.74) is 0.530. The molecule has 0 aliphatic rings. The average molecular weight is 251 g/mol. The van der Waals surface area contributed by atoms with Gasteiger partial charge in [0.15, 0.2) is 0 Å². The predicted octanol–water partition coefficient (Wildman–Crippen LogP) is 3.06. The van der Waals surface area contributed by atoms with Gasteiger partial charge < -0.3 is 14.4 Å². The van der Waals surface area contributed by atoms with Gasteiger partial charge in [-0.3, -0.25) is 0 Å². The number of hydrogen-bond donors (Lipinski definition) is 0. The zero-order valence-electron chi connectivity index (χ0n) is 11.7. The van der Waals surface area contributed by atoms with E-state index < -0.39 is 5.60 Å². The van der Waals surface area contributed by atoms with Crippen LogP contribution in [0.3, 0.4) is 0 Å². The highest BCUT2D eigenvalue weighted by Gasteiger charge is 2.19. The molecule has 0 bridgehead atoms. The second-order valence-corrected chi connectivity index (χ2v) is 5.19. The van der Waals surface area contributed by atoms with Crippen LogP contribution < -0.4 is 4.74 Å². The number of amides is 1. The zero-order chi connectivity index (χ0) is 13.8. The minimum absolute atomic E-state index is 0.328. The molecule has 0 fully saturated rings. The third-order valence-corrected chi connectivity index (χ3v) is 2.26. The fourth-order valence-corrected chi connectivity index (χ4v) is 1.45. The molecule has 4 nitrogen and oxygen atoms in total. The Morgan fingerprint density at radius 1 is 1.33 bits per heavy atom. The third-order valence-electron chi connectivity index (χ3n) is 2.26. The summed E-state index contributed by atoms with van der Waals surface area (Å²) in [6, 6.07) is 7.62. The molecule has 0 radical (unpaired) electrons. The maximum Gasteiger partial charge on any atom is 0.410 e. The highest BCUT2D eigenvalue weighted by Crippen LogP contribution is 2.15. The quantitative estimate of drug-likeness (QED) is 0.828. The van der Waals surface area contributed by atoms with Crippen molar-refractivity contribution in [1.82, 2.24) is 4.90 Å². The zero-order valence-corrected chi connectivity index (χ0v) is 11.7. The summed E-state index contributed by atoms with van der Waals surface area (Å²) in [5.74, 6) is 0.782. The number of benzene rings is 1. The smallest absolute Gasteiger partial charge is 0.410 e. The molecule has 0 unspecified atom stereocenters. The van der Waals surface area contributed by atoms with Crippen LogP contribution in [0.15, 0.2) is 24.3 Å². The van der Waals surface area contributed by atoms with Crippen LogP contribution in [0.4, 0.5) is 4.79 Å². The molecule has 0 spiro atoms. The maximum atomic E-state index is 11.8. The van der Waals surface area contributed by atoms with E-state index in [1.165, 1.54) is 0 Å². The first-order chi connectivity index (χ1) is 8.31. The molecule has 0 N–H and O–H groups in total. The van der Waals surface area contributed by atoms with Gasteiger partial charge in [0.25, 0.3) is 0 Å². The van der Waals surface area contributed by atoms with Crippen LogP contribution in [0, 0.1) is 0 Å². The molecule has 0 saturated heterocycles. The average Bonchev–Trinajstić information content (AvgIpc) is 2.27. The summed E-state index contributed by atoms with van der Waals surface area (Å²) in [6.07, 6.45) is -0.328. The summed E-state index contributed by atoms with van der Waals surface area (Å²) >= 11 is 0. The van der Waals surface area contributed by atoms with Gasteiger partial charge in [0.05, 0.1) is 7.11 Å². The Morgan fingerprint density at radius 2 is 2.00 bits per heavy atom. The molecule has 100 valence electrons. The van der Waals surface area contributed by atoms with Gasteiger partial charge >= 0.3 is 6.09 Å². The van der Waals surface area contributed by atoms with Gasteiger partial charge in [0, 0.05) is 13.6 Å². The number of nitrogens with zero attached hydrogens (tertiary/aromatic N) is 1. The lowest BCUT2D eigenvalue weighted by molar-refractivity contribution is 0.0285. The maximum absolute atomic E-state index is 11.8. The van der Waals surface area contributed by atoms with Gasteiger partial charge in [-0.15, -0.1) is 0 Å². The summed E-state index contributed by atoms with van der Waals surface area (Å²) < 4.78 is 10.4. The van der Waals surface area contributed by atoms with E-state index in [1.54, 1.807) is 19.1 Å². The SMILES string of the molecule is COc1cccc(CN(C)C(=O)OC(C)(C)C)c1. The first kappa shape index (κ1) is 14.4. The number of hydrogen-bond acceptors (Lipinski definition) is 3. The van der Waals surface area contributed by atoms with Gasteiger partial charge in [-0.2, -0.15) is 0 Å². The van der Waals surface area contributed by atoms with Crippen molar-refractivity contribution in [2.45, 2.75) is 32.9 Å². The molecule has 1 aromatic carbocycles. The molecule has 1 amide bonds. The minimum Gasteiger partial charge on any atom is -0.497 e. The molecule has 0 heterocycles. The minimum atomic E-state index is -0.472. The first-order valence-corrected chi connectivity index (χ1v) is 5.89. The van der Waals surface area contributed by atoms with Crippen LogP contribution in [0.1, 0.15) is 26.3 Å². The Hall–Kier alpha value is -1.71. The molecule has 18 heavy (non-hydrogen) atoms. The first-order valence-electron chi connectivity index (χ1n) is 5.89. The van der Waals surface area contributed by atoms with E-state index in [2.05, 4.69) is 0 Å². The second kappa shape index (κ2) is 5.76. The van der Waals surface area contributed by atoms with Crippen LogP contribution in [-0.4, -0.2) is 30.8 Å². The molecular formula is C14H21NO3. The van der Waals surface area contributed by atoms with Crippen LogP contribution in [0.5, 0.6) is 5.75 Å². The molecular weight excluding hydrogens is 230 g/mol. The summed E-state index contributed by atoms with van der Waals surface area (Å²) in [4.78, 5) is 13.3. The number of ether oxygens (including phenoxy) is 2. The fraction of sp³-hybridized carbons (Fsp3) is 0.500. The summed E-state index contributed by atoms with van der Waals surface area (Å²) in [7, 11) is 3.34. The van der Waals surface area contributed by atoms with Gasteiger partial charge in [-0.1, -0.05) is 12.1 Å². The molecule has 0 saturated carbocycles. The molecule has 0 atom stereocenters. The highest BCUT2D eigenvalue weighted by atomic mass is 16.6. The van der Waals surface area contributed by atoms with Crippen LogP contribution in [0.25, 0.3) is 0 Å². The summed E-state index contributed by atoms with van der Waals surface area (Å²) in [5, 5.41) is 0. The van der Waals surface area contributed by atoms with E-state index in [0.717, 1.165) is 11.3 Å².